The van der Waals surface area contributed by atoms with E-state index in [1.807, 2.05) is 70.2 Å². The Bertz CT molecular complexity index is 746. The summed E-state index contributed by atoms with van der Waals surface area (Å²) in [4.78, 5) is 16.5. The number of aryl methyl sites for hydroxylation is 1. The minimum atomic E-state index is -0.501. The maximum atomic E-state index is 12.3. The van der Waals surface area contributed by atoms with Crippen LogP contribution in [0.1, 0.15) is 37.5 Å². The average molecular weight is 323 g/mol. The lowest BCUT2D eigenvalue weighted by atomic mass is 9.92. The van der Waals surface area contributed by atoms with Crippen LogP contribution in [0.5, 0.6) is 0 Å². The minimum Gasteiger partial charge on any atom is -0.329 e. The van der Waals surface area contributed by atoms with Gasteiger partial charge in [0.05, 0.1) is 5.54 Å². The highest BCUT2D eigenvalue weighted by Crippen LogP contribution is 2.22. The van der Waals surface area contributed by atoms with E-state index >= 15 is 0 Å². The lowest BCUT2D eigenvalue weighted by molar-refractivity contribution is 0.242. The van der Waals surface area contributed by atoms with Gasteiger partial charge in [0.25, 0.3) is 0 Å². The van der Waals surface area contributed by atoms with Crippen molar-refractivity contribution in [3.63, 3.8) is 0 Å². The zero-order chi connectivity index (χ0) is 17.7. The number of anilines is 1. The molecule has 0 aliphatic carbocycles. The van der Waals surface area contributed by atoms with Crippen molar-refractivity contribution in [2.75, 3.05) is 12.4 Å². The molecule has 4 heteroatoms. The third-order valence-electron chi connectivity index (χ3n) is 4.07. The smallest absolute Gasteiger partial charge is 0.319 e. The van der Waals surface area contributed by atoms with Crippen LogP contribution in [0.4, 0.5) is 10.5 Å². The molecule has 0 bridgehead atoms. The normalized spacial score (nSPS) is 12.0. The molecule has 2 aromatic carbocycles. The topological polar surface area (TPSA) is 53.5 Å². The number of carbonyl (C=O) groups excluding carboxylic acids is 1. The number of hydrogen-bond acceptors (Lipinski definition) is 2. The monoisotopic (exact) mass is 323 g/mol. The van der Waals surface area contributed by atoms with E-state index in [2.05, 4.69) is 21.7 Å². The standard InChI is InChI=1S/C20H25N3O/c1-14-9-11-18(12-10-14)22-19(24)23-20(3,4)17-8-6-7-16(13-17)15(2)21-5/h6-13H,1-5H3,(H2,22,23,24). The van der Waals surface area contributed by atoms with Crippen molar-refractivity contribution in [1.29, 1.82) is 0 Å². The number of aliphatic imine (C=N–C) groups is 1. The van der Waals surface area contributed by atoms with Gasteiger partial charge in [0.1, 0.15) is 0 Å². The van der Waals surface area contributed by atoms with Crippen LogP contribution in [0, 0.1) is 6.92 Å². The van der Waals surface area contributed by atoms with Crippen molar-refractivity contribution < 1.29 is 4.79 Å². The summed E-state index contributed by atoms with van der Waals surface area (Å²) in [5.41, 5.74) is 4.49. The molecule has 0 atom stereocenters. The highest BCUT2D eigenvalue weighted by molar-refractivity contribution is 5.98. The number of urea groups is 1. The number of benzene rings is 2. The van der Waals surface area contributed by atoms with Gasteiger partial charge in [-0.1, -0.05) is 35.9 Å². The van der Waals surface area contributed by atoms with Crippen LogP contribution >= 0.6 is 0 Å². The van der Waals surface area contributed by atoms with Gasteiger partial charge in [-0.05, 0) is 57.0 Å². The summed E-state index contributed by atoms with van der Waals surface area (Å²) in [6, 6.07) is 15.6. The summed E-state index contributed by atoms with van der Waals surface area (Å²) in [7, 11) is 1.78. The Morgan fingerprint density at radius 2 is 1.75 bits per heavy atom. The first kappa shape index (κ1) is 17.7. The first-order chi connectivity index (χ1) is 11.3. The number of nitrogens with one attached hydrogen (secondary N) is 2. The van der Waals surface area contributed by atoms with Gasteiger partial charge < -0.3 is 10.6 Å². The van der Waals surface area contributed by atoms with E-state index in [-0.39, 0.29) is 6.03 Å². The van der Waals surface area contributed by atoms with Gasteiger partial charge in [-0.15, -0.1) is 0 Å². The highest BCUT2D eigenvalue weighted by Gasteiger charge is 2.23. The fourth-order valence-electron chi connectivity index (χ4n) is 2.42. The second kappa shape index (κ2) is 7.30. The van der Waals surface area contributed by atoms with Gasteiger partial charge in [0.2, 0.25) is 0 Å². The van der Waals surface area contributed by atoms with Crippen LogP contribution < -0.4 is 10.6 Å². The molecule has 2 N–H and O–H groups in total. The summed E-state index contributed by atoms with van der Waals surface area (Å²) < 4.78 is 0. The van der Waals surface area contributed by atoms with Crippen LogP contribution in [-0.2, 0) is 5.54 Å². The number of rotatable bonds is 4. The van der Waals surface area contributed by atoms with Crippen LogP contribution in [0.2, 0.25) is 0 Å². The number of amides is 2. The molecule has 2 rings (SSSR count). The fourth-order valence-corrected chi connectivity index (χ4v) is 2.42. The first-order valence-electron chi connectivity index (χ1n) is 8.02. The predicted molar refractivity (Wildman–Crippen MR) is 101 cm³/mol. The Balaban J connectivity index is 2.12. The summed E-state index contributed by atoms with van der Waals surface area (Å²) in [5, 5.41) is 5.90. The number of carbonyl (C=O) groups is 1. The third-order valence-corrected chi connectivity index (χ3v) is 4.07. The van der Waals surface area contributed by atoms with Gasteiger partial charge >= 0.3 is 6.03 Å². The van der Waals surface area contributed by atoms with Crippen molar-refractivity contribution in [2.24, 2.45) is 4.99 Å². The molecule has 126 valence electrons. The number of hydrogen-bond donors (Lipinski definition) is 2. The largest absolute Gasteiger partial charge is 0.329 e. The maximum absolute atomic E-state index is 12.3. The van der Waals surface area contributed by atoms with Crippen molar-refractivity contribution in [3.8, 4) is 0 Å². The van der Waals surface area contributed by atoms with Gasteiger partial charge in [-0.2, -0.15) is 0 Å². The molecule has 0 fully saturated rings. The van der Waals surface area contributed by atoms with E-state index in [1.54, 1.807) is 7.05 Å². The summed E-state index contributed by atoms with van der Waals surface area (Å²) in [6.07, 6.45) is 0. The Hall–Kier alpha value is -2.62. The lowest BCUT2D eigenvalue weighted by Crippen LogP contribution is -2.43. The molecule has 4 nitrogen and oxygen atoms in total. The zero-order valence-electron chi connectivity index (χ0n) is 15.0. The van der Waals surface area contributed by atoms with Crippen LogP contribution in [-0.4, -0.2) is 18.8 Å². The van der Waals surface area contributed by atoms with Crippen molar-refractivity contribution in [2.45, 2.75) is 33.2 Å². The van der Waals surface area contributed by atoms with Crippen molar-refractivity contribution in [3.05, 3.63) is 65.2 Å². The minimum absolute atomic E-state index is 0.227. The molecule has 0 spiro atoms. The molecule has 24 heavy (non-hydrogen) atoms. The molecule has 0 aliphatic rings. The van der Waals surface area contributed by atoms with E-state index in [4.69, 9.17) is 0 Å². The van der Waals surface area contributed by atoms with Crippen LogP contribution in [0.25, 0.3) is 0 Å². The van der Waals surface area contributed by atoms with Gasteiger partial charge in [0, 0.05) is 18.4 Å². The van der Waals surface area contributed by atoms with Crippen LogP contribution in [0.15, 0.2) is 53.5 Å². The van der Waals surface area contributed by atoms with Crippen molar-refractivity contribution >= 4 is 17.4 Å². The first-order valence-corrected chi connectivity index (χ1v) is 8.02. The second-order valence-electron chi connectivity index (χ2n) is 6.46. The summed E-state index contributed by atoms with van der Waals surface area (Å²) in [6.45, 7) is 7.96. The summed E-state index contributed by atoms with van der Waals surface area (Å²) in [5.74, 6) is 0. The average Bonchev–Trinajstić information content (AvgIpc) is 2.56. The highest BCUT2D eigenvalue weighted by atomic mass is 16.2. The van der Waals surface area contributed by atoms with Gasteiger partial charge in [-0.3, -0.25) is 4.99 Å². The molecule has 0 saturated carbocycles. The fraction of sp³-hybridized carbons (Fsp3) is 0.300. The summed E-state index contributed by atoms with van der Waals surface area (Å²) >= 11 is 0. The quantitative estimate of drug-likeness (QED) is 0.800. The van der Waals surface area contributed by atoms with E-state index in [1.165, 1.54) is 0 Å². The van der Waals surface area contributed by atoms with Crippen molar-refractivity contribution in [1.82, 2.24) is 5.32 Å². The van der Waals surface area contributed by atoms with Crippen LogP contribution in [0.3, 0.4) is 0 Å². The Morgan fingerprint density at radius 1 is 1.08 bits per heavy atom. The second-order valence-corrected chi connectivity index (χ2v) is 6.46. The molecule has 2 amide bonds. The van der Waals surface area contributed by atoms with E-state index in [0.29, 0.717) is 0 Å². The maximum Gasteiger partial charge on any atom is 0.319 e. The predicted octanol–water partition coefficient (Wildman–Crippen LogP) is 4.49. The molecule has 0 saturated heterocycles. The Morgan fingerprint density at radius 3 is 2.38 bits per heavy atom. The van der Waals surface area contributed by atoms with E-state index in [9.17, 15) is 4.79 Å². The zero-order valence-corrected chi connectivity index (χ0v) is 15.0. The lowest BCUT2D eigenvalue weighted by Gasteiger charge is -2.27. The molecule has 0 heterocycles. The van der Waals surface area contributed by atoms with Gasteiger partial charge in [0.15, 0.2) is 0 Å². The molecule has 2 aromatic rings. The third kappa shape index (κ3) is 4.44. The molecular formula is C20H25N3O. The Labute approximate surface area is 144 Å². The molecule has 0 unspecified atom stereocenters. The van der Waals surface area contributed by atoms with E-state index < -0.39 is 5.54 Å². The van der Waals surface area contributed by atoms with Gasteiger partial charge in [-0.25, -0.2) is 4.79 Å². The SMILES string of the molecule is CN=C(C)c1cccc(C(C)(C)NC(=O)Nc2ccc(C)cc2)c1. The van der Waals surface area contributed by atoms with E-state index in [0.717, 1.165) is 28.1 Å². The Kier molecular flexibility index (Phi) is 5.39. The molecule has 0 radical (unpaired) electrons. The molecule has 0 aromatic heterocycles. The molecule has 0 aliphatic heterocycles. The molecular weight excluding hydrogens is 298 g/mol. The number of nitrogens with zero attached hydrogens (tertiary/aromatic N) is 1.